The minimum Gasteiger partial charge on any atom is -0.493 e. The zero-order valence-electron chi connectivity index (χ0n) is 16.0. The summed E-state index contributed by atoms with van der Waals surface area (Å²) in [6.07, 6.45) is 4.61. The van der Waals surface area contributed by atoms with Crippen LogP contribution in [-0.2, 0) is 11.2 Å². The number of amides is 1. The summed E-state index contributed by atoms with van der Waals surface area (Å²) in [6.45, 7) is 4.30. The van der Waals surface area contributed by atoms with Gasteiger partial charge in [0, 0.05) is 24.5 Å². The first-order chi connectivity index (χ1) is 13.1. The number of halogens is 1. The van der Waals surface area contributed by atoms with Crippen molar-refractivity contribution in [2.24, 2.45) is 5.92 Å². The van der Waals surface area contributed by atoms with Crippen LogP contribution in [0.3, 0.4) is 0 Å². The molecule has 2 aromatic carbocycles. The fraction of sp³-hybridized carbons (Fsp3) is 0.435. The molecule has 0 unspecified atom stereocenters. The van der Waals surface area contributed by atoms with Gasteiger partial charge in [-0.3, -0.25) is 4.79 Å². The van der Waals surface area contributed by atoms with E-state index in [0.29, 0.717) is 24.0 Å². The Kier molecular flexibility index (Phi) is 7.17. The largest absolute Gasteiger partial charge is 0.493 e. The molecule has 144 valence electrons. The van der Waals surface area contributed by atoms with Crippen LogP contribution in [0.1, 0.15) is 36.8 Å². The lowest BCUT2D eigenvalue weighted by Crippen LogP contribution is -2.38. The topological polar surface area (TPSA) is 29.5 Å². The Morgan fingerprint density at radius 3 is 2.59 bits per heavy atom. The highest BCUT2D eigenvalue weighted by atomic mass is 35.5. The van der Waals surface area contributed by atoms with Crippen molar-refractivity contribution >= 4 is 17.5 Å². The lowest BCUT2D eigenvalue weighted by atomic mass is 9.90. The predicted molar refractivity (Wildman–Crippen MR) is 110 cm³/mol. The van der Waals surface area contributed by atoms with Crippen molar-refractivity contribution in [3.05, 3.63) is 64.7 Å². The second-order valence-electron chi connectivity index (χ2n) is 7.38. The van der Waals surface area contributed by atoms with Gasteiger partial charge in [0.15, 0.2) is 0 Å². The average Bonchev–Trinajstić information content (AvgIpc) is 2.68. The van der Waals surface area contributed by atoms with Gasteiger partial charge in [-0.15, -0.1) is 0 Å². The molecule has 3 rings (SSSR count). The number of carbonyl (C=O) groups is 1. The lowest BCUT2D eigenvalue weighted by molar-refractivity contribution is -0.132. The molecule has 0 aromatic heterocycles. The third-order valence-electron chi connectivity index (χ3n) is 5.26. The van der Waals surface area contributed by atoms with E-state index in [4.69, 9.17) is 16.3 Å². The number of carbonyl (C=O) groups excluding carboxylic acids is 1. The van der Waals surface area contributed by atoms with Gasteiger partial charge in [0.05, 0.1) is 6.61 Å². The molecule has 0 bridgehead atoms. The lowest BCUT2D eigenvalue weighted by Gasteiger charge is -2.32. The van der Waals surface area contributed by atoms with Crippen molar-refractivity contribution in [1.29, 1.82) is 0 Å². The van der Waals surface area contributed by atoms with Crippen molar-refractivity contribution < 1.29 is 9.53 Å². The Morgan fingerprint density at radius 1 is 1.15 bits per heavy atom. The molecule has 4 heteroatoms. The SMILES string of the molecule is Cc1cc(Cl)ccc1OCCCC(=O)N1CCC(Cc2ccccc2)CC1. The summed E-state index contributed by atoms with van der Waals surface area (Å²) in [5.74, 6) is 1.78. The van der Waals surface area contributed by atoms with Gasteiger partial charge in [0.2, 0.25) is 5.91 Å². The molecule has 0 spiro atoms. The summed E-state index contributed by atoms with van der Waals surface area (Å²) in [4.78, 5) is 14.5. The molecule has 0 N–H and O–H groups in total. The first-order valence-corrected chi connectivity index (χ1v) is 10.2. The van der Waals surface area contributed by atoms with E-state index in [1.807, 2.05) is 30.0 Å². The Hall–Kier alpha value is -2.00. The van der Waals surface area contributed by atoms with E-state index in [9.17, 15) is 4.79 Å². The predicted octanol–water partition coefficient (Wildman–Crippen LogP) is 5.29. The molecule has 1 amide bonds. The second kappa shape index (κ2) is 9.80. The van der Waals surface area contributed by atoms with E-state index >= 15 is 0 Å². The van der Waals surface area contributed by atoms with E-state index < -0.39 is 0 Å². The standard InChI is InChI=1S/C23H28ClNO2/c1-18-16-21(24)9-10-22(18)27-15-5-8-23(26)25-13-11-20(12-14-25)17-19-6-3-2-4-7-19/h2-4,6-7,9-10,16,20H,5,8,11-15,17H2,1H3. The molecule has 27 heavy (non-hydrogen) atoms. The normalized spacial score (nSPS) is 15.0. The zero-order valence-corrected chi connectivity index (χ0v) is 16.8. The van der Waals surface area contributed by atoms with Crippen LogP contribution < -0.4 is 4.74 Å². The third kappa shape index (κ3) is 6.00. The first kappa shape index (κ1) is 19.8. The number of benzene rings is 2. The number of hydrogen-bond acceptors (Lipinski definition) is 2. The molecule has 0 aliphatic carbocycles. The molecule has 1 aliphatic rings. The number of aryl methyl sites for hydroxylation is 1. The molecule has 0 radical (unpaired) electrons. The van der Waals surface area contributed by atoms with Gasteiger partial charge in [0.25, 0.3) is 0 Å². The molecule has 1 fully saturated rings. The molecule has 0 atom stereocenters. The first-order valence-electron chi connectivity index (χ1n) is 9.82. The van der Waals surface area contributed by atoms with Crippen LogP contribution in [0.4, 0.5) is 0 Å². The van der Waals surface area contributed by atoms with Crippen molar-refractivity contribution in [3.8, 4) is 5.75 Å². The van der Waals surface area contributed by atoms with E-state index in [1.54, 1.807) is 0 Å². The zero-order chi connectivity index (χ0) is 19.1. The number of piperidine rings is 1. The Morgan fingerprint density at radius 2 is 1.89 bits per heavy atom. The van der Waals surface area contributed by atoms with E-state index in [1.165, 1.54) is 5.56 Å². The van der Waals surface area contributed by atoms with Crippen LogP contribution >= 0.6 is 11.6 Å². The van der Waals surface area contributed by atoms with Crippen LogP contribution in [0.15, 0.2) is 48.5 Å². The monoisotopic (exact) mass is 385 g/mol. The Labute approximate surface area is 167 Å². The molecule has 1 aliphatic heterocycles. The smallest absolute Gasteiger partial charge is 0.222 e. The van der Waals surface area contributed by atoms with Crippen molar-refractivity contribution in [2.75, 3.05) is 19.7 Å². The Balaban J connectivity index is 1.34. The van der Waals surface area contributed by atoms with Crippen LogP contribution in [0.2, 0.25) is 5.02 Å². The van der Waals surface area contributed by atoms with Gasteiger partial charge in [-0.1, -0.05) is 41.9 Å². The summed E-state index contributed by atoms with van der Waals surface area (Å²) in [5.41, 5.74) is 2.42. The summed E-state index contributed by atoms with van der Waals surface area (Å²) < 4.78 is 5.78. The maximum atomic E-state index is 12.4. The van der Waals surface area contributed by atoms with Crippen molar-refractivity contribution in [3.63, 3.8) is 0 Å². The van der Waals surface area contributed by atoms with E-state index in [2.05, 4.69) is 30.3 Å². The fourth-order valence-electron chi connectivity index (χ4n) is 3.67. The number of rotatable bonds is 7. The number of likely N-dealkylation sites (tertiary alicyclic amines) is 1. The molecular weight excluding hydrogens is 358 g/mol. The maximum Gasteiger partial charge on any atom is 0.222 e. The van der Waals surface area contributed by atoms with Crippen LogP contribution in [-0.4, -0.2) is 30.5 Å². The number of nitrogens with zero attached hydrogens (tertiary/aromatic N) is 1. The molecule has 1 heterocycles. The van der Waals surface area contributed by atoms with Crippen molar-refractivity contribution in [2.45, 2.75) is 39.0 Å². The molecule has 2 aromatic rings. The summed E-state index contributed by atoms with van der Waals surface area (Å²) in [5, 5.41) is 0.714. The minimum absolute atomic E-state index is 0.254. The van der Waals surface area contributed by atoms with Crippen molar-refractivity contribution in [1.82, 2.24) is 4.90 Å². The van der Waals surface area contributed by atoms with Crippen LogP contribution in [0.25, 0.3) is 0 Å². The van der Waals surface area contributed by atoms with E-state index in [-0.39, 0.29) is 5.91 Å². The molecule has 3 nitrogen and oxygen atoms in total. The third-order valence-corrected chi connectivity index (χ3v) is 5.50. The summed E-state index contributed by atoms with van der Waals surface area (Å²) in [6, 6.07) is 16.2. The maximum absolute atomic E-state index is 12.4. The van der Waals surface area contributed by atoms with Gasteiger partial charge < -0.3 is 9.64 Å². The van der Waals surface area contributed by atoms with Gasteiger partial charge in [-0.25, -0.2) is 0 Å². The van der Waals surface area contributed by atoms with Gasteiger partial charge in [-0.05, 0) is 67.9 Å². The van der Waals surface area contributed by atoms with Gasteiger partial charge in [-0.2, -0.15) is 0 Å². The van der Waals surface area contributed by atoms with E-state index in [0.717, 1.165) is 50.1 Å². The highest BCUT2D eigenvalue weighted by molar-refractivity contribution is 6.30. The average molecular weight is 386 g/mol. The summed E-state index contributed by atoms with van der Waals surface area (Å²) >= 11 is 5.96. The summed E-state index contributed by atoms with van der Waals surface area (Å²) in [7, 11) is 0. The fourth-order valence-corrected chi connectivity index (χ4v) is 3.90. The van der Waals surface area contributed by atoms with Gasteiger partial charge in [0.1, 0.15) is 5.75 Å². The van der Waals surface area contributed by atoms with Crippen LogP contribution in [0, 0.1) is 12.8 Å². The number of hydrogen-bond donors (Lipinski definition) is 0. The van der Waals surface area contributed by atoms with Gasteiger partial charge >= 0.3 is 0 Å². The quantitative estimate of drug-likeness (QED) is 0.606. The molecule has 0 saturated carbocycles. The molecular formula is C23H28ClNO2. The highest BCUT2D eigenvalue weighted by Gasteiger charge is 2.22. The van der Waals surface area contributed by atoms with Crippen LogP contribution in [0.5, 0.6) is 5.75 Å². The Bertz CT molecular complexity index is 739. The number of ether oxygens (including phenoxy) is 1. The second-order valence-corrected chi connectivity index (χ2v) is 7.81. The minimum atomic E-state index is 0.254. The molecule has 1 saturated heterocycles. The highest BCUT2D eigenvalue weighted by Crippen LogP contribution is 2.23.